The summed E-state index contributed by atoms with van der Waals surface area (Å²) in [6.07, 6.45) is 0.416. The van der Waals surface area contributed by atoms with Crippen molar-refractivity contribution in [3.63, 3.8) is 0 Å². The first kappa shape index (κ1) is 15.7. The Kier molecular flexibility index (Phi) is 4.26. The Hall–Kier alpha value is -2.69. The van der Waals surface area contributed by atoms with Gasteiger partial charge in [-0.05, 0) is 0 Å². The average Bonchev–Trinajstić information content (AvgIpc) is 2.93. The van der Waals surface area contributed by atoms with Crippen molar-refractivity contribution in [1.29, 1.82) is 0 Å². The van der Waals surface area contributed by atoms with Crippen LogP contribution in [0.25, 0.3) is 16.3 Å². The van der Waals surface area contributed by atoms with Crippen LogP contribution in [0.4, 0.5) is 13.2 Å². The molecule has 0 spiro atoms. The monoisotopic (exact) mass is 330 g/mol. The standard InChI is InChI=1S/C11H6F3N5O2S/c12-11(13,14)8-4-16-7(3-17-8)6-2-18-19(5-6)10(22-21)1-9(15)20/h1-5H,(H-,15,20)/p+1/b10-1-. The molecule has 0 saturated heterocycles. The lowest BCUT2D eigenvalue weighted by atomic mass is 10.2. The number of primary amides is 1. The predicted molar refractivity (Wildman–Crippen MR) is 69.8 cm³/mol. The molecule has 114 valence electrons. The number of halogens is 3. The topological polar surface area (TPSA) is 104 Å². The van der Waals surface area contributed by atoms with Gasteiger partial charge in [0.2, 0.25) is 5.91 Å². The van der Waals surface area contributed by atoms with Gasteiger partial charge in [0.25, 0.3) is 0 Å². The van der Waals surface area contributed by atoms with Crippen molar-refractivity contribution < 1.29 is 22.2 Å². The Bertz CT molecular complexity index is 739. The largest absolute Gasteiger partial charge is 0.527 e. The lowest BCUT2D eigenvalue weighted by Gasteiger charge is -2.04. The predicted octanol–water partition coefficient (Wildman–Crippen LogP) is 1.07. The van der Waals surface area contributed by atoms with Crippen LogP contribution < -0.4 is 5.73 Å². The summed E-state index contributed by atoms with van der Waals surface area (Å²) in [4.78, 5) is 17.7. The lowest BCUT2D eigenvalue weighted by Crippen LogP contribution is -2.09. The Morgan fingerprint density at radius 3 is 2.50 bits per heavy atom. The number of hydrogen-bond donors (Lipinski definition) is 1. The number of amides is 1. The number of carbonyl (C=O) groups excluding carboxylic acids is 1. The van der Waals surface area contributed by atoms with Crippen molar-refractivity contribution in [3.05, 3.63) is 36.6 Å². The molecule has 0 aliphatic heterocycles. The number of nitrogens with zero attached hydrogens (tertiary/aromatic N) is 4. The summed E-state index contributed by atoms with van der Waals surface area (Å²) in [5, 5.41) is 3.73. The lowest BCUT2D eigenvalue weighted by molar-refractivity contribution is -0.141. The van der Waals surface area contributed by atoms with Gasteiger partial charge in [-0.25, -0.2) is 4.98 Å². The Balaban J connectivity index is 2.32. The molecule has 0 unspecified atom stereocenters. The first-order valence-electron chi connectivity index (χ1n) is 5.57. The Morgan fingerprint density at radius 2 is 2.00 bits per heavy atom. The third-order valence-electron chi connectivity index (χ3n) is 2.40. The summed E-state index contributed by atoms with van der Waals surface area (Å²) >= 11 is -0.00837. The number of nitrogens with two attached hydrogens (primary N) is 1. The van der Waals surface area contributed by atoms with E-state index in [0.29, 0.717) is 11.8 Å². The molecule has 0 atom stereocenters. The van der Waals surface area contributed by atoms with E-state index < -0.39 is 17.8 Å². The van der Waals surface area contributed by atoms with Crippen molar-refractivity contribution >= 4 is 22.6 Å². The van der Waals surface area contributed by atoms with Gasteiger partial charge in [0.15, 0.2) is 5.69 Å². The van der Waals surface area contributed by atoms with Crippen LogP contribution in [0.2, 0.25) is 0 Å². The first-order chi connectivity index (χ1) is 10.3. The van der Waals surface area contributed by atoms with Gasteiger partial charge in [0, 0.05) is 16.0 Å². The maximum atomic E-state index is 12.4. The molecule has 11 heteroatoms. The number of rotatable bonds is 4. The zero-order valence-corrected chi connectivity index (χ0v) is 11.4. The van der Waals surface area contributed by atoms with Gasteiger partial charge in [-0.1, -0.05) is 0 Å². The smallest absolute Gasteiger partial charge is 0.366 e. The minimum Gasteiger partial charge on any atom is -0.366 e. The molecule has 7 nitrogen and oxygen atoms in total. The quantitative estimate of drug-likeness (QED) is 0.667. The van der Waals surface area contributed by atoms with E-state index in [1.165, 1.54) is 12.4 Å². The van der Waals surface area contributed by atoms with Gasteiger partial charge >= 0.3 is 22.9 Å². The zero-order valence-electron chi connectivity index (χ0n) is 10.6. The second kappa shape index (κ2) is 5.97. The highest BCUT2D eigenvalue weighted by Crippen LogP contribution is 2.27. The molecule has 0 radical (unpaired) electrons. The number of carbonyl (C=O) groups is 1. The summed E-state index contributed by atoms with van der Waals surface area (Å²) in [5.74, 6) is -0.829. The maximum absolute atomic E-state index is 12.4. The van der Waals surface area contributed by atoms with Gasteiger partial charge in [0.1, 0.15) is 0 Å². The summed E-state index contributed by atoms with van der Waals surface area (Å²) in [6.45, 7) is 0. The molecule has 0 aromatic carbocycles. The van der Waals surface area contributed by atoms with Crippen LogP contribution in [0.15, 0.2) is 30.9 Å². The van der Waals surface area contributed by atoms with Crippen molar-refractivity contribution in [3.8, 4) is 11.3 Å². The molecule has 2 aromatic heterocycles. The molecule has 1 amide bonds. The minimum absolute atomic E-state index is 0.00837. The maximum Gasteiger partial charge on any atom is 0.527 e. The molecule has 0 aliphatic rings. The van der Waals surface area contributed by atoms with Gasteiger partial charge in [-0.3, -0.25) is 9.78 Å². The molecule has 0 fully saturated rings. The SMILES string of the molecule is NC(=O)/C=C(\[S+]=O)n1cc(-c2cnc(C(F)(F)F)cn2)cn1. The molecule has 2 heterocycles. The van der Waals surface area contributed by atoms with Gasteiger partial charge in [0.05, 0.1) is 30.4 Å². The van der Waals surface area contributed by atoms with E-state index in [2.05, 4.69) is 15.1 Å². The molecule has 0 saturated carbocycles. The highest BCUT2D eigenvalue weighted by molar-refractivity contribution is 7.76. The van der Waals surface area contributed by atoms with Gasteiger partial charge in [-0.15, -0.1) is 0 Å². The molecular weight excluding hydrogens is 323 g/mol. The highest BCUT2D eigenvalue weighted by atomic mass is 32.1. The fourth-order valence-corrected chi connectivity index (χ4v) is 1.79. The zero-order chi connectivity index (χ0) is 16.3. The van der Waals surface area contributed by atoms with Crippen LogP contribution in [0.3, 0.4) is 0 Å². The minimum atomic E-state index is -4.58. The fourth-order valence-electron chi connectivity index (χ4n) is 1.45. The fraction of sp³-hybridized carbons (Fsp3) is 0.0909. The number of aromatic nitrogens is 4. The first-order valence-corrected chi connectivity index (χ1v) is 6.31. The molecule has 22 heavy (non-hydrogen) atoms. The van der Waals surface area contributed by atoms with Crippen LogP contribution in [0, 0.1) is 0 Å². The van der Waals surface area contributed by atoms with E-state index >= 15 is 0 Å². The third kappa shape index (κ3) is 3.49. The highest BCUT2D eigenvalue weighted by Gasteiger charge is 2.32. The Morgan fingerprint density at radius 1 is 1.27 bits per heavy atom. The summed E-state index contributed by atoms with van der Waals surface area (Å²) in [5.41, 5.74) is 4.28. The van der Waals surface area contributed by atoms with Crippen LogP contribution in [-0.4, -0.2) is 25.7 Å². The van der Waals surface area contributed by atoms with Crippen LogP contribution >= 0.6 is 0 Å². The van der Waals surface area contributed by atoms with E-state index in [-0.39, 0.29) is 22.4 Å². The molecule has 0 aliphatic carbocycles. The third-order valence-corrected chi connectivity index (χ3v) is 2.87. The molecule has 2 aromatic rings. The molecule has 0 bridgehead atoms. The number of alkyl halides is 3. The Labute approximate surface area is 125 Å². The molecule has 2 N–H and O–H groups in total. The van der Waals surface area contributed by atoms with Crippen molar-refractivity contribution in [1.82, 2.24) is 19.7 Å². The van der Waals surface area contributed by atoms with E-state index in [0.717, 1.165) is 17.0 Å². The van der Waals surface area contributed by atoms with E-state index in [4.69, 9.17) is 5.73 Å². The van der Waals surface area contributed by atoms with Gasteiger partial charge in [-0.2, -0.15) is 23.0 Å². The summed E-state index contributed by atoms with van der Waals surface area (Å²) < 4.78 is 49.1. The summed E-state index contributed by atoms with van der Waals surface area (Å²) in [7, 11) is 0. The molecular formula is C11H7F3N5O2S+. The normalized spacial score (nSPS) is 12.2. The van der Waals surface area contributed by atoms with E-state index in [1.807, 2.05) is 0 Å². The summed E-state index contributed by atoms with van der Waals surface area (Å²) in [6, 6.07) is 0. The van der Waals surface area contributed by atoms with Gasteiger partial charge < -0.3 is 5.73 Å². The van der Waals surface area contributed by atoms with E-state index in [9.17, 15) is 22.2 Å². The van der Waals surface area contributed by atoms with Crippen molar-refractivity contribution in [2.75, 3.05) is 0 Å². The van der Waals surface area contributed by atoms with Crippen LogP contribution in [0.1, 0.15) is 5.69 Å². The molecule has 2 rings (SSSR count). The second-order valence-electron chi connectivity index (χ2n) is 3.93. The second-order valence-corrected chi connectivity index (χ2v) is 4.51. The average molecular weight is 330 g/mol. The van der Waals surface area contributed by atoms with Crippen molar-refractivity contribution in [2.45, 2.75) is 6.18 Å². The number of hydrogen-bond acceptors (Lipinski definition) is 5. The van der Waals surface area contributed by atoms with E-state index in [1.54, 1.807) is 0 Å². The van der Waals surface area contributed by atoms with Crippen LogP contribution in [0.5, 0.6) is 0 Å². The van der Waals surface area contributed by atoms with Crippen LogP contribution in [-0.2, 0) is 26.8 Å². The van der Waals surface area contributed by atoms with Crippen molar-refractivity contribution in [2.24, 2.45) is 5.73 Å².